The van der Waals surface area contributed by atoms with E-state index in [9.17, 15) is 13.6 Å². The van der Waals surface area contributed by atoms with E-state index in [1.54, 1.807) is 0 Å². The molecular formula is C9H8F2O2. The Morgan fingerprint density at radius 3 is 2.85 bits per heavy atom. The quantitative estimate of drug-likeness (QED) is 0.671. The van der Waals surface area contributed by atoms with Crippen LogP contribution in [0.3, 0.4) is 0 Å². The Balaban J connectivity index is 2.68. The second kappa shape index (κ2) is 3.51. The van der Waals surface area contributed by atoms with Gasteiger partial charge in [-0.1, -0.05) is 18.2 Å². The second-order valence-corrected chi connectivity index (χ2v) is 2.71. The van der Waals surface area contributed by atoms with E-state index in [0.717, 1.165) is 12.2 Å². The standard InChI is InChI=1S/C9H8F2O2/c10-9(11)5-1-2-7(6-9)3-4-8(12)13/h1-5H,6H2,(H,12,13). The summed E-state index contributed by atoms with van der Waals surface area (Å²) in [6.07, 6.45) is 5.08. The molecule has 70 valence electrons. The summed E-state index contributed by atoms with van der Waals surface area (Å²) in [6.45, 7) is 0. The van der Waals surface area contributed by atoms with Gasteiger partial charge in [-0.15, -0.1) is 0 Å². The minimum Gasteiger partial charge on any atom is -0.478 e. The third-order valence-electron chi connectivity index (χ3n) is 1.53. The van der Waals surface area contributed by atoms with Gasteiger partial charge in [-0.2, -0.15) is 0 Å². The molecule has 0 aromatic carbocycles. The maximum absolute atomic E-state index is 12.7. The monoisotopic (exact) mass is 186 g/mol. The predicted molar refractivity (Wildman–Crippen MR) is 43.6 cm³/mol. The lowest BCUT2D eigenvalue weighted by molar-refractivity contribution is -0.131. The first-order chi connectivity index (χ1) is 5.99. The highest BCUT2D eigenvalue weighted by Gasteiger charge is 2.27. The number of rotatable bonds is 2. The van der Waals surface area contributed by atoms with Crippen LogP contribution in [0.5, 0.6) is 0 Å². The average molecular weight is 186 g/mol. The van der Waals surface area contributed by atoms with Crippen LogP contribution < -0.4 is 0 Å². The molecule has 0 aliphatic heterocycles. The van der Waals surface area contributed by atoms with Gasteiger partial charge in [-0.3, -0.25) is 0 Å². The molecule has 0 bridgehead atoms. The first-order valence-corrected chi connectivity index (χ1v) is 3.67. The third-order valence-corrected chi connectivity index (χ3v) is 1.53. The number of allylic oxidation sites excluding steroid dienone is 5. The number of carboxylic acid groups (broad SMARTS) is 1. The van der Waals surface area contributed by atoms with Crippen LogP contribution in [0.4, 0.5) is 8.78 Å². The summed E-state index contributed by atoms with van der Waals surface area (Å²) in [6, 6.07) is 0. The zero-order valence-electron chi connectivity index (χ0n) is 6.71. The van der Waals surface area contributed by atoms with E-state index in [0.29, 0.717) is 5.57 Å². The van der Waals surface area contributed by atoms with E-state index in [-0.39, 0.29) is 0 Å². The van der Waals surface area contributed by atoms with Crippen LogP contribution >= 0.6 is 0 Å². The summed E-state index contributed by atoms with van der Waals surface area (Å²) in [7, 11) is 0. The molecule has 0 radical (unpaired) electrons. The summed E-state index contributed by atoms with van der Waals surface area (Å²) in [5.41, 5.74) is 0.315. The van der Waals surface area contributed by atoms with Crippen LogP contribution in [0.25, 0.3) is 0 Å². The molecule has 2 nitrogen and oxygen atoms in total. The summed E-state index contributed by atoms with van der Waals surface area (Å²) >= 11 is 0. The number of hydrogen-bond donors (Lipinski definition) is 1. The van der Waals surface area contributed by atoms with Crippen molar-refractivity contribution < 1.29 is 18.7 Å². The third kappa shape index (κ3) is 3.19. The number of carbonyl (C=O) groups is 1. The number of carboxylic acids is 1. The summed E-state index contributed by atoms with van der Waals surface area (Å²) in [5.74, 6) is -3.99. The van der Waals surface area contributed by atoms with E-state index in [1.807, 2.05) is 0 Å². The number of alkyl halides is 2. The van der Waals surface area contributed by atoms with Crippen LogP contribution in [0, 0.1) is 0 Å². The lowest BCUT2D eigenvalue weighted by Crippen LogP contribution is -2.14. The van der Waals surface area contributed by atoms with Gasteiger partial charge in [-0.25, -0.2) is 13.6 Å². The highest BCUT2D eigenvalue weighted by molar-refractivity contribution is 5.80. The molecule has 0 aromatic rings. The molecule has 0 saturated heterocycles. The Bertz CT molecular complexity index is 301. The van der Waals surface area contributed by atoms with Crippen LogP contribution in [0.1, 0.15) is 6.42 Å². The van der Waals surface area contributed by atoms with Crippen molar-refractivity contribution in [1.29, 1.82) is 0 Å². The van der Waals surface area contributed by atoms with Crippen molar-refractivity contribution >= 4 is 5.97 Å². The molecule has 1 N–H and O–H groups in total. The normalized spacial score (nSPS) is 20.3. The molecule has 0 amide bonds. The Hall–Kier alpha value is -1.45. The van der Waals surface area contributed by atoms with Crippen LogP contribution in [-0.4, -0.2) is 17.0 Å². The molecule has 0 unspecified atom stereocenters. The fraction of sp³-hybridized carbons (Fsp3) is 0.222. The Morgan fingerprint density at radius 2 is 2.31 bits per heavy atom. The first kappa shape index (κ1) is 9.64. The van der Waals surface area contributed by atoms with E-state index < -0.39 is 18.3 Å². The Kier molecular flexibility index (Phi) is 2.60. The first-order valence-electron chi connectivity index (χ1n) is 3.67. The van der Waals surface area contributed by atoms with Crippen molar-refractivity contribution in [3.8, 4) is 0 Å². The molecule has 0 atom stereocenters. The molecule has 1 aliphatic carbocycles. The molecule has 0 spiro atoms. The maximum atomic E-state index is 12.7. The van der Waals surface area contributed by atoms with E-state index in [1.165, 1.54) is 18.2 Å². The van der Waals surface area contributed by atoms with Gasteiger partial charge in [0.1, 0.15) is 0 Å². The molecule has 4 heteroatoms. The maximum Gasteiger partial charge on any atom is 0.328 e. The summed E-state index contributed by atoms with van der Waals surface area (Å²) in [4.78, 5) is 10.1. The lowest BCUT2D eigenvalue weighted by Gasteiger charge is -2.15. The highest BCUT2D eigenvalue weighted by Crippen LogP contribution is 2.28. The zero-order chi connectivity index (χ0) is 9.90. The van der Waals surface area contributed by atoms with Crippen molar-refractivity contribution in [1.82, 2.24) is 0 Å². The van der Waals surface area contributed by atoms with Gasteiger partial charge in [0.15, 0.2) is 0 Å². The largest absolute Gasteiger partial charge is 0.478 e. The molecule has 1 rings (SSSR count). The Morgan fingerprint density at radius 1 is 1.62 bits per heavy atom. The minimum atomic E-state index is -2.85. The molecule has 0 fully saturated rings. The SMILES string of the molecule is O=C(O)C=CC1=CC=CC(F)(F)C1. The lowest BCUT2D eigenvalue weighted by atomic mass is 10.0. The van der Waals surface area contributed by atoms with Crippen molar-refractivity contribution in [2.75, 3.05) is 0 Å². The number of hydrogen-bond acceptors (Lipinski definition) is 1. The van der Waals surface area contributed by atoms with Crippen LogP contribution in [0.2, 0.25) is 0 Å². The molecule has 1 aliphatic rings. The smallest absolute Gasteiger partial charge is 0.328 e. The predicted octanol–water partition coefficient (Wildman–Crippen LogP) is 2.15. The molecular weight excluding hydrogens is 178 g/mol. The van der Waals surface area contributed by atoms with Crippen molar-refractivity contribution in [2.45, 2.75) is 12.3 Å². The number of aliphatic carboxylic acids is 1. The minimum absolute atomic E-state index is 0.315. The topological polar surface area (TPSA) is 37.3 Å². The van der Waals surface area contributed by atoms with E-state index >= 15 is 0 Å². The van der Waals surface area contributed by atoms with Gasteiger partial charge in [0, 0.05) is 12.5 Å². The Labute approximate surface area is 73.9 Å². The summed E-state index contributed by atoms with van der Waals surface area (Å²) < 4.78 is 25.3. The molecule has 0 saturated carbocycles. The van der Waals surface area contributed by atoms with Crippen molar-refractivity contribution in [3.63, 3.8) is 0 Å². The second-order valence-electron chi connectivity index (χ2n) is 2.71. The van der Waals surface area contributed by atoms with Crippen LogP contribution in [-0.2, 0) is 4.79 Å². The van der Waals surface area contributed by atoms with Gasteiger partial charge in [0.05, 0.1) is 0 Å². The fourth-order valence-electron chi connectivity index (χ4n) is 0.995. The van der Waals surface area contributed by atoms with Gasteiger partial charge in [0.25, 0.3) is 5.92 Å². The fourth-order valence-corrected chi connectivity index (χ4v) is 0.995. The number of halogens is 2. The molecule has 0 aromatic heterocycles. The van der Waals surface area contributed by atoms with E-state index in [4.69, 9.17) is 5.11 Å². The van der Waals surface area contributed by atoms with Gasteiger partial charge in [0.2, 0.25) is 0 Å². The van der Waals surface area contributed by atoms with Gasteiger partial charge in [-0.05, 0) is 11.6 Å². The summed E-state index contributed by atoms with van der Waals surface area (Å²) in [5, 5.41) is 8.25. The van der Waals surface area contributed by atoms with Gasteiger partial charge >= 0.3 is 5.97 Å². The highest BCUT2D eigenvalue weighted by atomic mass is 19.3. The van der Waals surface area contributed by atoms with E-state index in [2.05, 4.69) is 0 Å². The molecule has 13 heavy (non-hydrogen) atoms. The molecule has 0 heterocycles. The van der Waals surface area contributed by atoms with Crippen molar-refractivity contribution in [3.05, 3.63) is 36.0 Å². The average Bonchev–Trinajstić information content (AvgIpc) is 1.99. The van der Waals surface area contributed by atoms with Gasteiger partial charge < -0.3 is 5.11 Å². The van der Waals surface area contributed by atoms with Crippen LogP contribution in [0.15, 0.2) is 36.0 Å². The van der Waals surface area contributed by atoms with Crippen molar-refractivity contribution in [2.24, 2.45) is 0 Å². The zero-order valence-corrected chi connectivity index (χ0v) is 6.71.